The van der Waals surface area contributed by atoms with Crippen molar-refractivity contribution in [3.8, 4) is 21.1 Å². The Morgan fingerprint density at radius 3 is 2.76 bits per heavy atom. The molecule has 4 aromatic rings. The summed E-state index contributed by atoms with van der Waals surface area (Å²) in [7, 11) is 0. The van der Waals surface area contributed by atoms with Crippen LogP contribution in [0.25, 0.3) is 21.1 Å². The van der Waals surface area contributed by atoms with Crippen molar-refractivity contribution in [3.05, 3.63) is 85.4 Å². The molecule has 5 rings (SSSR count). The molecule has 0 saturated carbocycles. The number of aromatic nitrogens is 2. The first-order valence-electron chi connectivity index (χ1n) is 9.39. The van der Waals surface area contributed by atoms with Gasteiger partial charge < -0.3 is 4.98 Å². The van der Waals surface area contributed by atoms with Crippen molar-refractivity contribution in [1.82, 2.24) is 14.9 Å². The number of thiophene rings is 2. The molecule has 0 unspecified atom stereocenters. The minimum atomic E-state index is -0.0462. The summed E-state index contributed by atoms with van der Waals surface area (Å²) in [6, 6.07) is 16.0. The van der Waals surface area contributed by atoms with Crippen molar-refractivity contribution < 1.29 is 0 Å². The molecular formula is C22H18ClN3OS2. The quantitative estimate of drug-likeness (QED) is 0.460. The number of hydrogen-bond donors (Lipinski definition) is 1. The molecule has 0 aliphatic carbocycles. The largest absolute Gasteiger partial charge is 0.306 e. The third-order valence-electron chi connectivity index (χ3n) is 5.07. The van der Waals surface area contributed by atoms with Gasteiger partial charge in [0, 0.05) is 51.3 Å². The maximum absolute atomic E-state index is 12.7. The van der Waals surface area contributed by atoms with Crippen molar-refractivity contribution in [3.63, 3.8) is 0 Å². The highest BCUT2D eigenvalue weighted by Gasteiger charge is 2.22. The highest BCUT2D eigenvalue weighted by Crippen LogP contribution is 2.32. The van der Waals surface area contributed by atoms with Crippen LogP contribution in [0.2, 0.25) is 5.02 Å². The Bertz CT molecular complexity index is 1200. The van der Waals surface area contributed by atoms with Crippen LogP contribution < -0.4 is 5.56 Å². The molecule has 1 aromatic carbocycles. The summed E-state index contributed by atoms with van der Waals surface area (Å²) in [4.78, 5) is 26.7. The molecule has 0 saturated heterocycles. The molecule has 7 heteroatoms. The molecular weight excluding hydrogens is 422 g/mol. The molecule has 4 nitrogen and oxygen atoms in total. The van der Waals surface area contributed by atoms with Crippen LogP contribution in [0.1, 0.15) is 16.1 Å². The zero-order valence-corrected chi connectivity index (χ0v) is 17.9. The van der Waals surface area contributed by atoms with Gasteiger partial charge in [0.15, 0.2) is 0 Å². The van der Waals surface area contributed by atoms with Gasteiger partial charge in [-0.3, -0.25) is 9.69 Å². The van der Waals surface area contributed by atoms with Gasteiger partial charge in [0.05, 0.1) is 11.3 Å². The third-order valence-corrected chi connectivity index (χ3v) is 7.46. The standard InChI is InChI=1S/C22H18ClN3OS2/c23-15-5-3-14(4-6-15)21-24-18-9-10-26(13-17(18)22(27)25-21)12-16-7-8-20(29-16)19-2-1-11-28-19/h1-8,11H,9-10,12-13H2,(H,24,25,27). The molecule has 0 amide bonds. The molecule has 4 heterocycles. The minimum Gasteiger partial charge on any atom is -0.306 e. The highest BCUT2D eigenvalue weighted by molar-refractivity contribution is 7.21. The summed E-state index contributed by atoms with van der Waals surface area (Å²) in [6.07, 6.45) is 0.781. The average molecular weight is 440 g/mol. The van der Waals surface area contributed by atoms with Crippen molar-refractivity contribution in [2.45, 2.75) is 19.5 Å². The summed E-state index contributed by atoms with van der Waals surface area (Å²) >= 11 is 9.55. The lowest BCUT2D eigenvalue weighted by Crippen LogP contribution is -2.35. The number of nitrogens with zero attached hydrogens (tertiary/aromatic N) is 2. The van der Waals surface area contributed by atoms with E-state index in [-0.39, 0.29) is 5.56 Å². The van der Waals surface area contributed by atoms with Gasteiger partial charge in [0.2, 0.25) is 0 Å². The van der Waals surface area contributed by atoms with Crippen LogP contribution in [0.4, 0.5) is 0 Å². The van der Waals surface area contributed by atoms with Crippen LogP contribution in [0.15, 0.2) is 58.7 Å². The zero-order chi connectivity index (χ0) is 19.8. The molecule has 146 valence electrons. The van der Waals surface area contributed by atoms with Crippen molar-refractivity contribution in [2.75, 3.05) is 6.54 Å². The zero-order valence-electron chi connectivity index (χ0n) is 15.5. The SMILES string of the molecule is O=c1[nH]c(-c2ccc(Cl)cc2)nc2c1CN(Cc1ccc(-c3cccs3)s1)CC2. The van der Waals surface area contributed by atoms with E-state index in [1.54, 1.807) is 11.3 Å². The van der Waals surface area contributed by atoms with E-state index in [1.807, 2.05) is 35.6 Å². The van der Waals surface area contributed by atoms with Gasteiger partial charge in [-0.2, -0.15) is 0 Å². The van der Waals surface area contributed by atoms with Crippen LogP contribution >= 0.6 is 34.3 Å². The number of fused-ring (bicyclic) bond motifs is 1. The van der Waals surface area contributed by atoms with E-state index in [9.17, 15) is 4.79 Å². The summed E-state index contributed by atoms with van der Waals surface area (Å²) in [5.41, 5.74) is 2.51. The molecule has 1 aliphatic heterocycles. The first-order chi connectivity index (χ1) is 14.2. The van der Waals surface area contributed by atoms with Gasteiger partial charge in [-0.15, -0.1) is 22.7 Å². The molecule has 0 spiro atoms. The number of rotatable bonds is 4. The molecule has 29 heavy (non-hydrogen) atoms. The van der Waals surface area contributed by atoms with E-state index in [0.717, 1.165) is 36.3 Å². The molecule has 0 radical (unpaired) electrons. The number of benzene rings is 1. The number of nitrogens with one attached hydrogen (secondary N) is 1. The van der Waals surface area contributed by atoms with E-state index >= 15 is 0 Å². The predicted molar refractivity (Wildman–Crippen MR) is 121 cm³/mol. The van der Waals surface area contributed by atoms with Gasteiger partial charge in [0.25, 0.3) is 5.56 Å². The normalized spacial score (nSPS) is 14.1. The lowest BCUT2D eigenvalue weighted by molar-refractivity contribution is 0.244. The summed E-state index contributed by atoms with van der Waals surface area (Å²) < 4.78 is 0. The second kappa shape index (κ2) is 7.88. The molecule has 1 aliphatic rings. The average Bonchev–Trinajstić information content (AvgIpc) is 3.41. The Kier molecular flexibility index (Phi) is 5.09. The number of H-pyrrole nitrogens is 1. The maximum Gasteiger partial charge on any atom is 0.255 e. The van der Waals surface area contributed by atoms with Crippen LogP contribution in [-0.2, 0) is 19.5 Å². The smallest absolute Gasteiger partial charge is 0.255 e. The van der Waals surface area contributed by atoms with Crippen LogP contribution in [0, 0.1) is 0 Å². The van der Waals surface area contributed by atoms with Gasteiger partial charge in [-0.1, -0.05) is 17.7 Å². The first kappa shape index (κ1) is 18.8. The van der Waals surface area contributed by atoms with Crippen molar-refractivity contribution >= 4 is 34.3 Å². The van der Waals surface area contributed by atoms with E-state index in [2.05, 4.69) is 39.5 Å². The summed E-state index contributed by atoms with van der Waals surface area (Å²) in [5.74, 6) is 0.609. The van der Waals surface area contributed by atoms with E-state index in [1.165, 1.54) is 14.6 Å². The predicted octanol–water partition coefficient (Wildman–Crippen LogP) is 5.44. The van der Waals surface area contributed by atoms with Crippen LogP contribution in [-0.4, -0.2) is 21.4 Å². The van der Waals surface area contributed by atoms with E-state index in [0.29, 0.717) is 17.4 Å². The first-order valence-corrected chi connectivity index (χ1v) is 11.5. The van der Waals surface area contributed by atoms with Crippen LogP contribution in [0.5, 0.6) is 0 Å². The molecule has 0 fully saturated rings. The Morgan fingerprint density at radius 2 is 1.97 bits per heavy atom. The fraction of sp³-hybridized carbons (Fsp3) is 0.182. The summed E-state index contributed by atoms with van der Waals surface area (Å²) in [6.45, 7) is 2.38. The monoisotopic (exact) mass is 439 g/mol. The molecule has 3 aromatic heterocycles. The topological polar surface area (TPSA) is 49.0 Å². The number of hydrogen-bond acceptors (Lipinski definition) is 5. The molecule has 1 N–H and O–H groups in total. The lowest BCUT2D eigenvalue weighted by atomic mass is 10.1. The Balaban J connectivity index is 1.34. The van der Waals surface area contributed by atoms with Gasteiger partial charge in [0.1, 0.15) is 5.82 Å². The number of aromatic amines is 1. The lowest BCUT2D eigenvalue weighted by Gasteiger charge is -2.27. The van der Waals surface area contributed by atoms with Gasteiger partial charge in [-0.25, -0.2) is 4.98 Å². The Morgan fingerprint density at radius 1 is 1.10 bits per heavy atom. The second-order valence-electron chi connectivity index (χ2n) is 7.05. The summed E-state index contributed by atoms with van der Waals surface area (Å²) in [5, 5.41) is 2.77. The fourth-order valence-electron chi connectivity index (χ4n) is 3.59. The molecule has 0 bridgehead atoms. The third kappa shape index (κ3) is 3.94. The van der Waals surface area contributed by atoms with Gasteiger partial charge in [-0.05, 0) is 47.8 Å². The minimum absolute atomic E-state index is 0.0462. The highest BCUT2D eigenvalue weighted by atomic mass is 35.5. The Labute approximate surface area is 181 Å². The van der Waals surface area contributed by atoms with Gasteiger partial charge >= 0.3 is 0 Å². The van der Waals surface area contributed by atoms with Crippen molar-refractivity contribution in [2.24, 2.45) is 0 Å². The molecule has 0 atom stereocenters. The Hall–Kier alpha value is -2.25. The second-order valence-corrected chi connectivity index (χ2v) is 9.60. The number of halogens is 1. The van der Waals surface area contributed by atoms with E-state index in [4.69, 9.17) is 16.6 Å². The fourth-order valence-corrected chi connectivity index (χ4v) is 5.61. The van der Waals surface area contributed by atoms with Crippen LogP contribution in [0.3, 0.4) is 0 Å². The van der Waals surface area contributed by atoms with E-state index < -0.39 is 0 Å². The maximum atomic E-state index is 12.7. The van der Waals surface area contributed by atoms with Crippen molar-refractivity contribution in [1.29, 1.82) is 0 Å².